The number of benzene rings is 2. The summed E-state index contributed by atoms with van der Waals surface area (Å²) in [5.41, 5.74) is 2.14. The zero-order chi connectivity index (χ0) is 21.8. The molecule has 2 aromatic carbocycles. The van der Waals surface area contributed by atoms with Gasteiger partial charge in [0.05, 0.1) is 12.2 Å². The Balaban J connectivity index is 1.32. The summed E-state index contributed by atoms with van der Waals surface area (Å²) in [6.07, 6.45) is 5.86. The van der Waals surface area contributed by atoms with Crippen LogP contribution >= 0.6 is 11.9 Å². The molecule has 1 aliphatic carbocycles. The van der Waals surface area contributed by atoms with Crippen LogP contribution in [0.25, 0.3) is 0 Å². The number of halogens is 2. The topological polar surface area (TPSA) is 41.6 Å². The highest BCUT2D eigenvalue weighted by Gasteiger charge is 2.30. The van der Waals surface area contributed by atoms with E-state index in [4.69, 9.17) is 4.74 Å². The molecule has 0 unspecified atom stereocenters. The lowest BCUT2D eigenvalue weighted by molar-refractivity contribution is 0.0980. The monoisotopic (exact) mass is 446 g/mol. The SMILES string of the molecule is CSNC(=O)c1cc(C2CC2)c(OCC2CCN(Cc3ccc(F)cc3)CC2)cc1F. The van der Waals surface area contributed by atoms with Crippen LogP contribution < -0.4 is 9.46 Å². The maximum atomic E-state index is 14.6. The molecule has 0 spiro atoms. The maximum absolute atomic E-state index is 14.6. The zero-order valence-corrected chi connectivity index (χ0v) is 18.5. The number of carbonyl (C=O) groups is 1. The summed E-state index contributed by atoms with van der Waals surface area (Å²) in [6.45, 7) is 3.30. The summed E-state index contributed by atoms with van der Waals surface area (Å²) in [7, 11) is 0. The van der Waals surface area contributed by atoms with Gasteiger partial charge >= 0.3 is 0 Å². The van der Waals surface area contributed by atoms with E-state index >= 15 is 0 Å². The largest absolute Gasteiger partial charge is 0.493 e. The normalized spacial score (nSPS) is 17.5. The van der Waals surface area contributed by atoms with E-state index in [0.29, 0.717) is 24.2 Å². The van der Waals surface area contributed by atoms with Crippen LogP contribution in [0.2, 0.25) is 0 Å². The summed E-state index contributed by atoms with van der Waals surface area (Å²) in [4.78, 5) is 14.5. The Morgan fingerprint density at radius 3 is 2.48 bits per heavy atom. The Kier molecular flexibility index (Phi) is 7.13. The van der Waals surface area contributed by atoms with Gasteiger partial charge in [-0.25, -0.2) is 8.78 Å². The van der Waals surface area contributed by atoms with Crippen LogP contribution in [0.1, 0.15) is 53.1 Å². The Morgan fingerprint density at radius 1 is 1.13 bits per heavy atom. The molecule has 2 fully saturated rings. The predicted molar refractivity (Wildman–Crippen MR) is 119 cm³/mol. The Hall–Kier alpha value is -2.12. The predicted octanol–water partition coefficient (Wildman–Crippen LogP) is 5.14. The molecule has 4 nitrogen and oxygen atoms in total. The third kappa shape index (κ3) is 5.77. The van der Waals surface area contributed by atoms with Gasteiger partial charge in [-0.3, -0.25) is 14.4 Å². The van der Waals surface area contributed by atoms with Gasteiger partial charge in [-0.1, -0.05) is 24.1 Å². The fraction of sp³-hybridized carbons (Fsp3) is 0.458. The molecule has 0 bridgehead atoms. The summed E-state index contributed by atoms with van der Waals surface area (Å²) in [6, 6.07) is 9.72. The van der Waals surface area contributed by atoms with Crippen molar-refractivity contribution in [2.45, 2.75) is 38.1 Å². The van der Waals surface area contributed by atoms with Crippen molar-refractivity contribution in [1.82, 2.24) is 9.62 Å². The van der Waals surface area contributed by atoms with E-state index in [1.54, 1.807) is 12.3 Å². The lowest BCUT2D eigenvalue weighted by Gasteiger charge is -2.32. The van der Waals surface area contributed by atoms with E-state index < -0.39 is 11.7 Å². The average Bonchev–Trinajstić information content (AvgIpc) is 3.60. The van der Waals surface area contributed by atoms with Gasteiger partial charge < -0.3 is 4.74 Å². The molecule has 0 aromatic heterocycles. The molecule has 4 rings (SSSR count). The van der Waals surface area contributed by atoms with E-state index in [1.807, 2.05) is 12.1 Å². The zero-order valence-electron chi connectivity index (χ0n) is 17.7. The molecule has 0 atom stereocenters. The smallest absolute Gasteiger partial charge is 0.264 e. The fourth-order valence-corrected chi connectivity index (χ4v) is 4.39. The van der Waals surface area contributed by atoms with E-state index in [1.165, 1.54) is 18.2 Å². The molecular formula is C24H28F2N2O2S. The number of amides is 1. The van der Waals surface area contributed by atoms with Crippen molar-refractivity contribution in [3.05, 3.63) is 64.7 Å². The Morgan fingerprint density at radius 2 is 1.84 bits per heavy atom. The molecule has 7 heteroatoms. The molecule has 0 radical (unpaired) electrons. The number of likely N-dealkylation sites (tertiary alicyclic amines) is 1. The van der Waals surface area contributed by atoms with Crippen molar-refractivity contribution in [3.8, 4) is 5.75 Å². The lowest BCUT2D eigenvalue weighted by atomic mass is 9.97. The minimum absolute atomic E-state index is 0.0812. The van der Waals surface area contributed by atoms with E-state index in [-0.39, 0.29) is 11.4 Å². The van der Waals surface area contributed by atoms with Gasteiger partial charge in [-0.15, -0.1) is 0 Å². The van der Waals surface area contributed by atoms with Crippen LogP contribution in [0.3, 0.4) is 0 Å². The second-order valence-corrected chi connectivity index (χ2v) is 9.05. The molecule has 31 heavy (non-hydrogen) atoms. The standard InChI is InChI=1S/C24H28F2N2O2S/c1-31-27-24(29)21-12-20(18-4-5-18)23(13-22(21)26)30-15-17-8-10-28(11-9-17)14-16-2-6-19(25)7-3-16/h2-3,6-7,12-13,17-18H,4-5,8-11,14-15H2,1H3,(H,27,29). The second kappa shape index (κ2) is 10.0. The summed E-state index contributed by atoms with van der Waals surface area (Å²) >= 11 is 1.16. The van der Waals surface area contributed by atoms with Crippen LogP contribution in [0.5, 0.6) is 5.75 Å². The van der Waals surface area contributed by atoms with Crippen LogP contribution in [-0.4, -0.2) is 36.8 Å². The first-order valence-corrected chi connectivity index (χ1v) is 12.0. The van der Waals surface area contributed by atoms with Crippen molar-refractivity contribution in [2.24, 2.45) is 5.92 Å². The molecule has 1 amide bonds. The third-order valence-electron chi connectivity index (χ3n) is 6.06. The van der Waals surface area contributed by atoms with Crippen LogP contribution in [-0.2, 0) is 6.54 Å². The van der Waals surface area contributed by atoms with Gasteiger partial charge in [0.1, 0.15) is 17.4 Å². The molecule has 1 saturated heterocycles. The van der Waals surface area contributed by atoms with Crippen molar-refractivity contribution >= 4 is 17.9 Å². The molecule has 166 valence electrons. The number of ether oxygens (including phenoxy) is 1. The number of rotatable bonds is 8. The molecule has 1 heterocycles. The summed E-state index contributed by atoms with van der Waals surface area (Å²) in [5.74, 6) is 0.189. The minimum atomic E-state index is -0.542. The van der Waals surface area contributed by atoms with Crippen LogP contribution in [0.15, 0.2) is 36.4 Å². The Labute approximate surface area is 186 Å². The number of nitrogens with one attached hydrogen (secondary N) is 1. The highest BCUT2D eigenvalue weighted by atomic mass is 32.2. The van der Waals surface area contributed by atoms with Gasteiger partial charge in [0.25, 0.3) is 5.91 Å². The highest BCUT2D eigenvalue weighted by Crippen LogP contribution is 2.45. The molecule has 1 aliphatic heterocycles. The van der Waals surface area contributed by atoms with E-state index in [9.17, 15) is 13.6 Å². The molecule has 1 saturated carbocycles. The van der Waals surface area contributed by atoms with Crippen LogP contribution in [0, 0.1) is 17.6 Å². The van der Waals surface area contributed by atoms with Gasteiger partial charge in [0.15, 0.2) is 0 Å². The number of piperidine rings is 1. The molecule has 1 N–H and O–H groups in total. The average molecular weight is 447 g/mol. The van der Waals surface area contributed by atoms with Gasteiger partial charge in [-0.05, 0) is 79.9 Å². The summed E-state index contributed by atoms with van der Waals surface area (Å²) < 4.78 is 36.3. The number of carbonyl (C=O) groups excluding carboxylic acids is 1. The number of nitrogens with zero attached hydrogens (tertiary/aromatic N) is 1. The second-order valence-electron chi connectivity index (χ2n) is 8.44. The minimum Gasteiger partial charge on any atom is -0.493 e. The van der Waals surface area contributed by atoms with Gasteiger partial charge in [-0.2, -0.15) is 0 Å². The maximum Gasteiger partial charge on any atom is 0.264 e. The fourth-order valence-electron chi connectivity index (χ4n) is 4.10. The van der Waals surface area contributed by atoms with Crippen LogP contribution in [0.4, 0.5) is 8.78 Å². The molecule has 2 aromatic rings. The Bertz CT molecular complexity index is 911. The first kappa shape index (κ1) is 22.1. The molecule has 2 aliphatic rings. The first-order valence-electron chi connectivity index (χ1n) is 10.8. The highest BCUT2D eigenvalue weighted by molar-refractivity contribution is 7.97. The number of hydrogen-bond acceptors (Lipinski definition) is 4. The number of hydrogen-bond donors (Lipinski definition) is 1. The lowest BCUT2D eigenvalue weighted by Crippen LogP contribution is -2.35. The van der Waals surface area contributed by atoms with Crippen molar-refractivity contribution in [2.75, 3.05) is 26.0 Å². The van der Waals surface area contributed by atoms with Gasteiger partial charge in [0, 0.05) is 18.9 Å². The van der Waals surface area contributed by atoms with E-state index in [0.717, 1.165) is 68.4 Å². The van der Waals surface area contributed by atoms with Gasteiger partial charge in [0.2, 0.25) is 0 Å². The van der Waals surface area contributed by atoms with Crippen molar-refractivity contribution < 1.29 is 18.3 Å². The first-order chi connectivity index (χ1) is 15.0. The third-order valence-corrected chi connectivity index (χ3v) is 6.45. The van der Waals surface area contributed by atoms with E-state index in [2.05, 4.69) is 9.62 Å². The quantitative estimate of drug-likeness (QED) is 0.570. The summed E-state index contributed by atoms with van der Waals surface area (Å²) in [5, 5.41) is 0. The molecular weight excluding hydrogens is 418 g/mol. The van der Waals surface area contributed by atoms with Crippen molar-refractivity contribution in [3.63, 3.8) is 0 Å². The van der Waals surface area contributed by atoms with Crippen molar-refractivity contribution in [1.29, 1.82) is 0 Å².